The summed E-state index contributed by atoms with van der Waals surface area (Å²) < 4.78 is 0. The molecule has 0 saturated heterocycles. The molecule has 0 aromatic rings. The van der Waals surface area contributed by atoms with Crippen molar-refractivity contribution in [1.82, 2.24) is 5.32 Å². The standard InChI is InChI=1S/C55H109NO/c1-4-7-10-13-16-19-22-25-28-31-33-36-39-42-45-48-51-54(52-49-46-43-40-37-34-32-29-26-23-20-17-14-11-8-5-2)56-55(57)53-50-47-44-41-38-35-30-27-24-21-18-15-12-9-6-3/h27,30,54H,4-26,28-29,31-53H2,1-3H3,(H,56,57)/b30-27-. The van der Waals surface area contributed by atoms with Gasteiger partial charge >= 0.3 is 0 Å². The molecule has 0 bridgehead atoms. The van der Waals surface area contributed by atoms with Gasteiger partial charge in [-0.05, 0) is 44.9 Å². The van der Waals surface area contributed by atoms with Gasteiger partial charge in [-0.3, -0.25) is 4.79 Å². The lowest BCUT2D eigenvalue weighted by Gasteiger charge is -2.19. The average Bonchev–Trinajstić information content (AvgIpc) is 3.21. The van der Waals surface area contributed by atoms with Crippen LogP contribution in [0.15, 0.2) is 12.2 Å². The van der Waals surface area contributed by atoms with Crippen LogP contribution < -0.4 is 5.32 Å². The lowest BCUT2D eigenvalue weighted by Crippen LogP contribution is -2.34. The highest BCUT2D eigenvalue weighted by Gasteiger charge is 2.12. The molecule has 0 rings (SSSR count). The molecule has 0 heterocycles. The number of hydrogen-bond donors (Lipinski definition) is 1. The lowest BCUT2D eigenvalue weighted by molar-refractivity contribution is -0.122. The Labute approximate surface area is 361 Å². The highest BCUT2D eigenvalue weighted by molar-refractivity contribution is 5.76. The monoisotopic (exact) mass is 800 g/mol. The minimum atomic E-state index is 0.325. The van der Waals surface area contributed by atoms with E-state index in [-0.39, 0.29) is 0 Å². The Hall–Kier alpha value is -0.790. The van der Waals surface area contributed by atoms with E-state index in [9.17, 15) is 4.79 Å². The number of allylic oxidation sites excluding steroid dienone is 2. The van der Waals surface area contributed by atoms with Crippen molar-refractivity contribution in [1.29, 1.82) is 0 Å². The van der Waals surface area contributed by atoms with Gasteiger partial charge in [0.1, 0.15) is 0 Å². The summed E-state index contributed by atoms with van der Waals surface area (Å²) >= 11 is 0. The fraction of sp³-hybridized carbons (Fsp3) is 0.945. The van der Waals surface area contributed by atoms with Gasteiger partial charge in [-0.2, -0.15) is 0 Å². The molecular weight excluding hydrogens is 691 g/mol. The average molecular weight is 800 g/mol. The van der Waals surface area contributed by atoms with Crippen molar-refractivity contribution in [2.45, 2.75) is 335 Å². The number of carbonyl (C=O) groups excluding carboxylic acids is 1. The number of nitrogens with one attached hydrogen (secondary N) is 1. The third-order valence-electron chi connectivity index (χ3n) is 12.8. The molecule has 0 aromatic heterocycles. The summed E-state index contributed by atoms with van der Waals surface area (Å²) in [6.07, 6.45) is 70.3. The summed E-state index contributed by atoms with van der Waals surface area (Å²) in [4.78, 5) is 13.0. The zero-order valence-corrected chi connectivity index (χ0v) is 40.1. The van der Waals surface area contributed by atoms with Crippen molar-refractivity contribution in [3.63, 3.8) is 0 Å². The van der Waals surface area contributed by atoms with Crippen LogP contribution >= 0.6 is 0 Å². The van der Waals surface area contributed by atoms with Crippen molar-refractivity contribution in [3.05, 3.63) is 12.2 Å². The molecule has 0 fully saturated rings. The summed E-state index contributed by atoms with van der Waals surface area (Å²) in [6.45, 7) is 6.91. The maximum Gasteiger partial charge on any atom is 0.220 e. The molecule has 0 aromatic carbocycles. The first kappa shape index (κ1) is 56.2. The van der Waals surface area contributed by atoms with E-state index in [0.717, 1.165) is 12.8 Å². The molecular formula is C55H109NO. The summed E-state index contributed by atoms with van der Waals surface area (Å²) in [6, 6.07) is 0.402. The van der Waals surface area contributed by atoms with Crippen molar-refractivity contribution < 1.29 is 4.79 Å². The van der Waals surface area contributed by atoms with Crippen molar-refractivity contribution >= 4 is 5.91 Å². The Morgan fingerprint density at radius 2 is 0.544 bits per heavy atom. The van der Waals surface area contributed by atoms with Crippen molar-refractivity contribution in [3.8, 4) is 0 Å². The molecule has 1 N–H and O–H groups in total. The smallest absolute Gasteiger partial charge is 0.220 e. The van der Waals surface area contributed by atoms with E-state index in [2.05, 4.69) is 38.2 Å². The van der Waals surface area contributed by atoms with Gasteiger partial charge in [0.2, 0.25) is 5.91 Å². The van der Waals surface area contributed by atoms with Gasteiger partial charge in [-0.1, -0.05) is 290 Å². The zero-order valence-electron chi connectivity index (χ0n) is 40.1. The fourth-order valence-electron chi connectivity index (χ4n) is 8.82. The third kappa shape index (κ3) is 49.5. The van der Waals surface area contributed by atoms with Crippen LogP contribution in [-0.4, -0.2) is 11.9 Å². The van der Waals surface area contributed by atoms with Gasteiger partial charge in [0.15, 0.2) is 0 Å². The van der Waals surface area contributed by atoms with Gasteiger partial charge in [-0.25, -0.2) is 0 Å². The van der Waals surface area contributed by atoms with Gasteiger partial charge in [0, 0.05) is 12.5 Å². The Balaban J connectivity index is 4.10. The molecule has 0 aliphatic heterocycles. The molecule has 0 saturated carbocycles. The number of unbranched alkanes of at least 4 members (excludes halogenated alkanes) is 41. The lowest BCUT2D eigenvalue weighted by atomic mass is 9.99. The zero-order chi connectivity index (χ0) is 41.2. The molecule has 0 radical (unpaired) electrons. The van der Waals surface area contributed by atoms with Crippen LogP contribution in [0.1, 0.15) is 329 Å². The molecule has 1 amide bonds. The predicted molar refractivity (Wildman–Crippen MR) is 260 cm³/mol. The number of hydrogen-bond acceptors (Lipinski definition) is 1. The number of rotatable bonds is 50. The van der Waals surface area contributed by atoms with E-state index in [1.807, 2.05) is 0 Å². The predicted octanol–water partition coefficient (Wildman–Crippen LogP) is 19.8. The van der Waals surface area contributed by atoms with Crippen LogP contribution in [0.2, 0.25) is 0 Å². The van der Waals surface area contributed by atoms with Crippen LogP contribution in [-0.2, 0) is 4.79 Å². The molecule has 0 spiro atoms. The number of carbonyl (C=O) groups is 1. The molecule has 0 aliphatic rings. The molecule has 2 nitrogen and oxygen atoms in total. The van der Waals surface area contributed by atoms with Crippen LogP contribution in [0.3, 0.4) is 0 Å². The maximum absolute atomic E-state index is 13.0. The fourth-order valence-corrected chi connectivity index (χ4v) is 8.82. The topological polar surface area (TPSA) is 29.1 Å². The Bertz CT molecular complexity index is 724. The first-order chi connectivity index (χ1) is 28.2. The van der Waals surface area contributed by atoms with E-state index in [0.29, 0.717) is 11.9 Å². The minimum Gasteiger partial charge on any atom is -0.353 e. The SMILES string of the molecule is CCCCCCCC/C=C\CCCCCCCC(=O)NC(CCCCCCCCCCCCCCCCCC)CCCCCCCCCCCCCCCCCC. The molecule has 0 atom stereocenters. The second kappa shape index (κ2) is 51.4. The Kier molecular flexibility index (Phi) is 50.6. The van der Waals surface area contributed by atoms with Crippen LogP contribution in [0.5, 0.6) is 0 Å². The second-order valence-electron chi connectivity index (χ2n) is 18.8. The second-order valence-corrected chi connectivity index (χ2v) is 18.8. The van der Waals surface area contributed by atoms with Crippen molar-refractivity contribution in [2.75, 3.05) is 0 Å². The largest absolute Gasteiger partial charge is 0.353 e. The minimum absolute atomic E-state index is 0.325. The normalized spacial score (nSPS) is 11.8. The summed E-state index contributed by atoms with van der Waals surface area (Å²) in [5.41, 5.74) is 0. The number of amides is 1. The van der Waals surface area contributed by atoms with Gasteiger partial charge in [0.05, 0.1) is 0 Å². The van der Waals surface area contributed by atoms with Crippen LogP contribution in [0.25, 0.3) is 0 Å². The van der Waals surface area contributed by atoms with Crippen LogP contribution in [0, 0.1) is 0 Å². The first-order valence-electron chi connectivity index (χ1n) is 27.2. The van der Waals surface area contributed by atoms with Crippen molar-refractivity contribution in [2.24, 2.45) is 0 Å². The highest BCUT2D eigenvalue weighted by atomic mass is 16.1. The summed E-state index contributed by atoms with van der Waals surface area (Å²) in [5.74, 6) is 0.325. The van der Waals surface area contributed by atoms with Crippen LogP contribution in [0.4, 0.5) is 0 Å². The third-order valence-corrected chi connectivity index (χ3v) is 12.8. The molecule has 340 valence electrons. The van der Waals surface area contributed by atoms with E-state index < -0.39 is 0 Å². The van der Waals surface area contributed by atoms with E-state index in [1.54, 1.807) is 0 Å². The van der Waals surface area contributed by atoms with E-state index in [4.69, 9.17) is 0 Å². The highest BCUT2D eigenvalue weighted by Crippen LogP contribution is 2.18. The first-order valence-corrected chi connectivity index (χ1v) is 27.2. The van der Waals surface area contributed by atoms with E-state index in [1.165, 1.54) is 295 Å². The Morgan fingerprint density at radius 3 is 0.825 bits per heavy atom. The quantitative estimate of drug-likeness (QED) is 0.0482. The molecule has 0 aliphatic carbocycles. The van der Waals surface area contributed by atoms with Gasteiger partial charge in [-0.15, -0.1) is 0 Å². The van der Waals surface area contributed by atoms with Gasteiger partial charge in [0.25, 0.3) is 0 Å². The molecule has 0 unspecified atom stereocenters. The van der Waals surface area contributed by atoms with Gasteiger partial charge < -0.3 is 5.32 Å². The maximum atomic E-state index is 13.0. The Morgan fingerprint density at radius 1 is 0.316 bits per heavy atom. The van der Waals surface area contributed by atoms with E-state index >= 15 is 0 Å². The molecule has 57 heavy (non-hydrogen) atoms. The molecule has 2 heteroatoms. The summed E-state index contributed by atoms with van der Waals surface area (Å²) in [7, 11) is 0. The summed E-state index contributed by atoms with van der Waals surface area (Å²) in [5, 5.41) is 3.52.